The highest BCUT2D eigenvalue weighted by molar-refractivity contribution is 7.98. The standard InChI is InChI=1S/C15H28N4S/c1-6-9-10-19(12(4)7-2)14-11-13(16-8-3)17-15(18-14)20-5/h11-12H,6-10H2,1-5H3,(H,16,17,18). The summed E-state index contributed by atoms with van der Waals surface area (Å²) in [7, 11) is 0. The van der Waals surface area contributed by atoms with Crippen molar-refractivity contribution in [3.8, 4) is 0 Å². The highest BCUT2D eigenvalue weighted by Gasteiger charge is 2.16. The smallest absolute Gasteiger partial charge is 0.191 e. The van der Waals surface area contributed by atoms with Gasteiger partial charge in [0.1, 0.15) is 11.6 Å². The summed E-state index contributed by atoms with van der Waals surface area (Å²) < 4.78 is 0. The van der Waals surface area contributed by atoms with Crippen LogP contribution in [-0.2, 0) is 0 Å². The number of unbranched alkanes of at least 4 members (excludes halogenated alkanes) is 1. The van der Waals surface area contributed by atoms with Gasteiger partial charge in [0.2, 0.25) is 0 Å². The molecule has 0 bridgehead atoms. The van der Waals surface area contributed by atoms with E-state index in [0.29, 0.717) is 6.04 Å². The van der Waals surface area contributed by atoms with Gasteiger partial charge < -0.3 is 10.2 Å². The van der Waals surface area contributed by atoms with Gasteiger partial charge in [-0.3, -0.25) is 0 Å². The third kappa shape index (κ3) is 4.85. The first kappa shape index (κ1) is 17.1. The molecular formula is C15H28N4S. The Bertz CT molecular complexity index is 397. The Labute approximate surface area is 127 Å². The summed E-state index contributed by atoms with van der Waals surface area (Å²) in [6.45, 7) is 10.7. The van der Waals surface area contributed by atoms with Gasteiger partial charge >= 0.3 is 0 Å². The van der Waals surface area contributed by atoms with Crippen molar-refractivity contribution in [1.29, 1.82) is 0 Å². The molecule has 1 unspecified atom stereocenters. The van der Waals surface area contributed by atoms with Gasteiger partial charge in [-0.15, -0.1) is 0 Å². The van der Waals surface area contributed by atoms with Gasteiger partial charge in [-0.25, -0.2) is 9.97 Å². The zero-order valence-electron chi connectivity index (χ0n) is 13.4. The molecule has 20 heavy (non-hydrogen) atoms. The molecule has 5 heteroatoms. The number of rotatable bonds is 9. The Hall–Kier alpha value is -0.970. The van der Waals surface area contributed by atoms with Crippen LogP contribution in [0.25, 0.3) is 0 Å². The van der Waals surface area contributed by atoms with E-state index in [9.17, 15) is 0 Å². The van der Waals surface area contributed by atoms with Crippen LogP contribution in [0, 0.1) is 0 Å². The average molecular weight is 296 g/mol. The van der Waals surface area contributed by atoms with Gasteiger partial charge in [0.25, 0.3) is 0 Å². The van der Waals surface area contributed by atoms with Crippen molar-refractivity contribution in [2.45, 2.75) is 58.2 Å². The summed E-state index contributed by atoms with van der Waals surface area (Å²) >= 11 is 1.59. The van der Waals surface area contributed by atoms with E-state index in [1.165, 1.54) is 12.8 Å². The molecule has 1 atom stereocenters. The lowest BCUT2D eigenvalue weighted by Crippen LogP contribution is -2.34. The number of hydrogen-bond donors (Lipinski definition) is 1. The van der Waals surface area contributed by atoms with Crippen LogP contribution in [0.1, 0.15) is 47.0 Å². The van der Waals surface area contributed by atoms with Crippen molar-refractivity contribution in [2.24, 2.45) is 0 Å². The number of aromatic nitrogens is 2. The SMILES string of the molecule is CCCCN(c1cc(NCC)nc(SC)n1)C(C)CC. The van der Waals surface area contributed by atoms with Gasteiger partial charge in [-0.05, 0) is 32.9 Å². The lowest BCUT2D eigenvalue weighted by Gasteiger charge is -2.30. The van der Waals surface area contributed by atoms with Crippen LogP contribution in [-0.4, -0.2) is 35.4 Å². The Balaban J connectivity index is 3.06. The molecule has 0 radical (unpaired) electrons. The molecule has 1 N–H and O–H groups in total. The fourth-order valence-electron chi connectivity index (χ4n) is 2.03. The Morgan fingerprint density at radius 2 is 2.05 bits per heavy atom. The molecule has 0 aliphatic heterocycles. The summed E-state index contributed by atoms with van der Waals surface area (Å²) in [5.74, 6) is 1.97. The Kier molecular flexibility index (Phi) is 7.73. The molecule has 1 rings (SSSR count). The first-order valence-electron chi connectivity index (χ1n) is 7.59. The van der Waals surface area contributed by atoms with Gasteiger partial charge in [0.05, 0.1) is 0 Å². The largest absolute Gasteiger partial charge is 0.370 e. The summed E-state index contributed by atoms with van der Waals surface area (Å²) in [6, 6.07) is 2.58. The first-order chi connectivity index (χ1) is 9.65. The van der Waals surface area contributed by atoms with Crippen LogP contribution in [0.5, 0.6) is 0 Å². The average Bonchev–Trinajstić information content (AvgIpc) is 2.47. The lowest BCUT2D eigenvalue weighted by molar-refractivity contribution is 0.586. The summed E-state index contributed by atoms with van der Waals surface area (Å²) in [5.41, 5.74) is 0. The minimum atomic E-state index is 0.501. The maximum absolute atomic E-state index is 4.69. The van der Waals surface area contributed by atoms with Crippen molar-refractivity contribution < 1.29 is 0 Å². The molecule has 0 aliphatic carbocycles. The summed E-state index contributed by atoms with van der Waals surface area (Å²) in [6.07, 6.45) is 5.54. The second kappa shape index (κ2) is 9.06. The van der Waals surface area contributed by atoms with Crippen molar-refractivity contribution in [1.82, 2.24) is 9.97 Å². The molecule has 1 aromatic heterocycles. The normalized spacial score (nSPS) is 12.2. The second-order valence-corrected chi connectivity index (χ2v) is 5.71. The molecule has 1 heterocycles. The first-order valence-corrected chi connectivity index (χ1v) is 8.82. The molecule has 0 aromatic carbocycles. The van der Waals surface area contributed by atoms with Crippen LogP contribution in [0.3, 0.4) is 0 Å². The zero-order chi connectivity index (χ0) is 15.0. The number of anilines is 2. The minimum Gasteiger partial charge on any atom is -0.370 e. The zero-order valence-corrected chi connectivity index (χ0v) is 14.3. The highest BCUT2D eigenvalue weighted by atomic mass is 32.2. The van der Waals surface area contributed by atoms with Crippen molar-refractivity contribution in [3.63, 3.8) is 0 Å². The third-order valence-corrected chi connectivity index (χ3v) is 3.95. The quantitative estimate of drug-likeness (QED) is 0.550. The molecule has 0 spiro atoms. The molecule has 4 nitrogen and oxygen atoms in total. The topological polar surface area (TPSA) is 41.0 Å². The predicted molar refractivity (Wildman–Crippen MR) is 90.0 cm³/mol. The van der Waals surface area contributed by atoms with Crippen molar-refractivity contribution in [2.75, 3.05) is 29.6 Å². The molecular weight excluding hydrogens is 268 g/mol. The fourth-order valence-corrected chi connectivity index (χ4v) is 2.41. The van der Waals surface area contributed by atoms with E-state index in [1.807, 2.05) is 6.26 Å². The van der Waals surface area contributed by atoms with Crippen LogP contribution >= 0.6 is 11.8 Å². The van der Waals surface area contributed by atoms with E-state index < -0.39 is 0 Å². The van der Waals surface area contributed by atoms with E-state index in [-0.39, 0.29) is 0 Å². The number of thioether (sulfide) groups is 1. The van der Waals surface area contributed by atoms with E-state index in [4.69, 9.17) is 4.98 Å². The third-order valence-electron chi connectivity index (χ3n) is 3.40. The van der Waals surface area contributed by atoms with E-state index >= 15 is 0 Å². The van der Waals surface area contributed by atoms with Gasteiger partial charge in [0.15, 0.2) is 5.16 Å². The van der Waals surface area contributed by atoms with Gasteiger partial charge in [-0.1, -0.05) is 32.0 Å². The van der Waals surface area contributed by atoms with Gasteiger partial charge in [-0.2, -0.15) is 0 Å². The van der Waals surface area contributed by atoms with Gasteiger partial charge in [0, 0.05) is 25.2 Å². The highest BCUT2D eigenvalue weighted by Crippen LogP contribution is 2.23. The van der Waals surface area contributed by atoms with Crippen molar-refractivity contribution in [3.05, 3.63) is 6.07 Å². The summed E-state index contributed by atoms with van der Waals surface area (Å²) in [5, 5.41) is 4.14. The predicted octanol–water partition coefficient (Wildman–Crippen LogP) is 4.04. The molecule has 114 valence electrons. The fraction of sp³-hybridized carbons (Fsp3) is 0.733. The molecule has 1 aromatic rings. The van der Waals surface area contributed by atoms with Crippen LogP contribution in [0.15, 0.2) is 11.2 Å². The Morgan fingerprint density at radius 1 is 1.30 bits per heavy atom. The van der Waals surface area contributed by atoms with Crippen molar-refractivity contribution >= 4 is 23.4 Å². The number of nitrogens with one attached hydrogen (secondary N) is 1. The van der Waals surface area contributed by atoms with E-state index in [2.05, 4.69) is 49.0 Å². The minimum absolute atomic E-state index is 0.501. The maximum atomic E-state index is 4.69. The molecule has 0 saturated heterocycles. The van der Waals surface area contributed by atoms with Crippen LogP contribution < -0.4 is 10.2 Å². The van der Waals surface area contributed by atoms with Crippen LogP contribution in [0.2, 0.25) is 0 Å². The van der Waals surface area contributed by atoms with Crippen LogP contribution in [0.4, 0.5) is 11.6 Å². The lowest BCUT2D eigenvalue weighted by atomic mass is 10.2. The van der Waals surface area contributed by atoms with E-state index in [0.717, 1.165) is 36.3 Å². The summed E-state index contributed by atoms with van der Waals surface area (Å²) in [4.78, 5) is 11.6. The molecule has 0 aliphatic rings. The molecule has 0 fully saturated rings. The van der Waals surface area contributed by atoms with E-state index in [1.54, 1.807) is 11.8 Å². The molecule has 0 saturated carbocycles. The number of hydrogen-bond acceptors (Lipinski definition) is 5. The number of nitrogens with zero attached hydrogens (tertiary/aromatic N) is 3. The molecule has 0 amide bonds. The Morgan fingerprint density at radius 3 is 2.60 bits per heavy atom. The monoisotopic (exact) mass is 296 g/mol. The maximum Gasteiger partial charge on any atom is 0.191 e. The second-order valence-electron chi connectivity index (χ2n) is 4.93.